The first kappa shape index (κ1) is 14.5. The van der Waals surface area contributed by atoms with E-state index in [0.29, 0.717) is 24.4 Å². The number of amides is 1. The zero-order chi connectivity index (χ0) is 12.8. The Balaban J connectivity index is 2.32. The largest absolute Gasteiger partial charge is 0.353 e. The van der Waals surface area contributed by atoms with Crippen LogP contribution in [0.2, 0.25) is 0 Å². The predicted molar refractivity (Wildman–Crippen MR) is 71.6 cm³/mol. The lowest BCUT2D eigenvalue weighted by Gasteiger charge is -2.21. The summed E-state index contributed by atoms with van der Waals surface area (Å²) in [5.41, 5.74) is 5.71. The van der Waals surface area contributed by atoms with E-state index in [-0.39, 0.29) is 11.8 Å². The summed E-state index contributed by atoms with van der Waals surface area (Å²) in [5, 5.41) is 3.15. The second-order valence-corrected chi connectivity index (χ2v) is 5.91. The van der Waals surface area contributed by atoms with Gasteiger partial charge in [0.2, 0.25) is 5.91 Å². The molecule has 100 valence electrons. The molecule has 3 unspecified atom stereocenters. The van der Waals surface area contributed by atoms with Gasteiger partial charge in [0, 0.05) is 12.0 Å². The number of hydrogen-bond acceptors (Lipinski definition) is 2. The molecule has 1 aliphatic rings. The monoisotopic (exact) mass is 240 g/mol. The Morgan fingerprint density at radius 1 is 1.29 bits per heavy atom. The molecule has 1 rings (SSSR count). The van der Waals surface area contributed by atoms with Gasteiger partial charge in [0.15, 0.2) is 0 Å². The van der Waals surface area contributed by atoms with Gasteiger partial charge in [-0.25, -0.2) is 0 Å². The first-order valence-corrected chi connectivity index (χ1v) is 7.05. The van der Waals surface area contributed by atoms with Crippen LogP contribution < -0.4 is 11.1 Å². The standard InChI is InChI=1S/C14H28N2O/c1-10(2)7-8-11(3)16-14(17)13-6-4-5-12(13)9-15/h10-13H,4-9,15H2,1-3H3,(H,16,17). The van der Waals surface area contributed by atoms with E-state index in [2.05, 4.69) is 26.1 Å². The summed E-state index contributed by atoms with van der Waals surface area (Å²) in [4.78, 5) is 12.1. The first-order chi connectivity index (χ1) is 8.04. The lowest BCUT2D eigenvalue weighted by molar-refractivity contribution is -0.126. The van der Waals surface area contributed by atoms with Crippen molar-refractivity contribution in [2.24, 2.45) is 23.5 Å². The predicted octanol–water partition coefficient (Wildman–Crippen LogP) is 2.30. The lowest BCUT2D eigenvalue weighted by Crippen LogP contribution is -2.40. The van der Waals surface area contributed by atoms with Gasteiger partial charge in [0.1, 0.15) is 0 Å². The average Bonchev–Trinajstić information content (AvgIpc) is 2.74. The first-order valence-electron chi connectivity index (χ1n) is 7.05. The minimum atomic E-state index is 0.168. The zero-order valence-corrected chi connectivity index (χ0v) is 11.5. The van der Waals surface area contributed by atoms with Crippen molar-refractivity contribution in [1.82, 2.24) is 5.32 Å². The fourth-order valence-corrected chi connectivity index (χ4v) is 2.67. The normalized spacial score (nSPS) is 26.2. The molecule has 0 aromatic rings. The molecule has 1 aliphatic carbocycles. The van der Waals surface area contributed by atoms with Crippen molar-refractivity contribution in [3.05, 3.63) is 0 Å². The van der Waals surface area contributed by atoms with Crippen molar-refractivity contribution < 1.29 is 4.79 Å². The molecule has 3 N–H and O–H groups in total. The van der Waals surface area contributed by atoms with E-state index < -0.39 is 0 Å². The zero-order valence-electron chi connectivity index (χ0n) is 11.5. The Bertz CT molecular complexity index is 240. The number of rotatable bonds is 6. The van der Waals surface area contributed by atoms with Crippen molar-refractivity contribution in [1.29, 1.82) is 0 Å². The molecule has 0 aromatic carbocycles. The van der Waals surface area contributed by atoms with Crippen LogP contribution in [0.3, 0.4) is 0 Å². The molecule has 3 nitrogen and oxygen atoms in total. The van der Waals surface area contributed by atoms with Crippen LogP contribution in [-0.2, 0) is 4.79 Å². The number of nitrogens with one attached hydrogen (secondary N) is 1. The van der Waals surface area contributed by atoms with Crippen molar-refractivity contribution >= 4 is 5.91 Å². The van der Waals surface area contributed by atoms with Crippen LogP contribution in [0.5, 0.6) is 0 Å². The Labute approximate surface area is 106 Å². The Morgan fingerprint density at radius 3 is 2.59 bits per heavy atom. The highest BCUT2D eigenvalue weighted by atomic mass is 16.1. The summed E-state index contributed by atoms with van der Waals surface area (Å²) in [5.74, 6) is 1.51. The summed E-state index contributed by atoms with van der Waals surface area (Å²) >= 11 is 0. The third kappa shape index (κ3) is 4.66. The minimum Gasteiger partial charge on any atom is -0.353 e. The molecule has 0 bridgehead atoms. The second-order valence-electron chi connectivity index (χ2n) is 5.91. The minimum absolute atomic E-state index is 0.168. The van der Waals surface area contributed by atoms with Gasteiger partial charge in [-0.15, -0.1) is 0 Å². The highest BCUT2D eigenvalue weighted by Crippen LogP contribution is 2.31. The quantitative estimate of drug-likeness (QED) is 0.748. The van der Waals surface area contributed by atoms with E-state index in [1.165, 1.54) is 6.42 Å². The molecule has 0 aliphatic heterocycles. The Morgan fingerprint density at radius 2 is 2.00 bits per heavy atom. The fraction of sp³-hybridized carbons (Fsp3) is 0.929. The van der Waals surface area contributed by atoms with E-state index in [4.69, 9.17) is 5.73 Å². The number of hydrogen-bond donors (Lipinski definition) is 2. The van der Waals surface area contributed by atoms with Gasteiger partial charge in [0.25, 0.3) is 0 Å². The molecule has 0 radical (unpaired) electrons. The summed E-state index contributed by atoms with van der Waals surface area (Å²) in [7, 11) is 0. The van der Waals surface area contributed by atoms with Crippen LogP contribution in [0.4, 0.5) is 0 Å². The fourth-order valence-electron chi connectivity index (χ4n) is 2.67. The molecule has 0 aromatic heterocycles. The highest BCUT2D eigenvalue weighted by Gasteiger charge is 2.32. The number of carbonyl (C=O) groups excluding carboxylic acids is 1. The highest BCUT2D eigenvalue weighted by molar-refractivity contribution is 5.79. The molecule has 1 amide bonds. The molecular formula is C14H28N2O. The van der Waals surface area contributed by atoms with Gasteiger partial charge in [-0.2, -0.15) is 0 Å². The van der Waals surface area contributed by atoms with E-state index in [0.717, 1.165) is 25.7 Å². The van der Waals surface area contributed by atoms with Crippen LogP contribution in [0, 0.1) is 17.8 Å². The molecule has 0 spiro atoms. The average molecular weight is 240 g/mol. The van der Waals surface area contributed by atoms with Gasteiger partial charge < -0.3 is 11.1 Å². The van der Waals surface area contributed by atoms with E-state index in [1.807, 2.05) is 0 Å². The summed E-state index contributed by atoms with van der Waals surface area (Å²) in [6, 6.07) is 0.295. The SMILES string of the molecule is CC(C)CCC(C)NC(=O)C1CCCC1CN. The third-order valence-electron chi connectivity index (χ3n) is 3.86. The lowest BCUT2D eigenvalue weighted by atomic mass is 9.94. The van der Waals surface area contributed by atoms with E-state index >= 15 is 0 Å². The molecule has 0 saturated heterocycles. The van der Waals surface area contributed by atoms with Gasteiger partial charge in [-0.1, -0.05) is 20.3 Å². The van der Waals surface area contributed by atoms with E-state index in [9.17, 15) is 4.79 Å². The van der Waals surface area contributed by atoms with Crippen molar-refractivity contribution in [3.63, 3.8) is 0 Å². The van der Waals surface area contributed by atoms with Gasteiger partial charge in [-0.3, -0.25) is 4.79 Å². The van der Waals surface area contributed by atoms with Crippen molar-refractivity contribution in [2.45, 2.75) is 58.9 Å². The number of nitrogens with two attached hydrogens (primary N) is 1. The maximum atomic E-state index is 12.1. The van der Waals surface area contributed by atoms with Gasteiger partial charge in [0.05, 0.1) is 0 Å². The van der Waals surface area contributed by atoms with Crippen molar-refractivity contribution in [2.75, 3.05) is 6.54 Å². The maximum absolute atomic E-state index is 12.1. The van der Waals surface area contributed by atoms with E-state index in [1.54, 1.807) is 0 Å². The van der Waals surface area contributed by atoms with Crippen LogP contribution in [-0.4, -0.2) is 18.5 Å². The molecule has 3 atom stereocenters. The second kappa shape index (κ2) is 7.00. The van der Waals surface area contributed by atoms with Crippen LogP contribution in [0.15, 0.2) is 0 Å². The Hall–Kier alpha value is -0.570. The van der Waals surface area contributed by atoms with Gasteiger partial charge in [-0.05, 0) is 51.0 Å². The van der Waals surface area contributed by atoms with Crippen molar-refractivity contribution in [3.8, 4) is 0 Å². The summed E-state index contributed by atoms with van der Waals surface area (Å²) in [6.45, 7) is 7.19. The smallest absolute Gasteiger partial charge is 0.223 e. The Kier molecular flexibility index (Phi) is 5.96. The molecule has 1 saturated carbocycles. The molecular weight excluding hydrogens is 212 g/mol. The summed E-state index contributed by atoms with van der Waals surface area (Å²) < 4.78 is 0. The van der Waals surface area contributed by atoms with Crippen LogP contribution in [0.25, 0.3) is 0 Å². The molecule has 1 fully saturated rings. The van der Waals surface area contributed by atoms with Gasteiger partial charge >= 0.3 is 0 Å². The molecule has 0 heterocycles. The molecule has 3 heteroatoms. The number of carbonyl (C=O) groups is 1. The topological polar surface area (TPSA) is 55.1 Å². The molecule has 17 heavy (non-hydrogen) atoms. The van der Waals surface area contributed by atoms with Crippen LogP contribution in [0.1, 0.15) is 52.9 Å². The maximum Gasteiger partial charge on any atom is 0.223 e. The summed E-state index contributed by atoms with van der Waals surface area (Å²) in [6.07, 6.45) is 5.54. The third-order valence-corrected chi connectivity index (χ3v) is 3.86. The van der Waals surface area contributed by atoms with Crippen LogP contribution >= 0.6 is 0 Å².